The number of carboxylic acid groups (broad SMARTS) is 1. The number of aryl methyl sites for hydroxylation is 4. The van der Waals surface area contributed by atoms with Crippen molar-refractivity contribution < 1.29 is 57.9 Å². The summed E-state index contributed by atoms with van der Waals surface area (Å²) in [4.78, 5) is 110. The zero-order valence-electron chi connectivity index (χ0n) is 61.5. The maximum absolute atomic E-state index is 12.8. The lowest BCUT2D eigenvalue weighted by molar-refractivity contribution is -0.146. The number of β-amino-alcohol motifs (C(OH)–C–C–N with tert-alkyl or cyclic N) is 1. The Hall–Kier alpha value is -12.0. The predicted octanol–water partition coefficient (Wildman–Crippen LogP) is 14.3. The molecule has 0 bridgehead atoms. The van der Waals surface area contributed by atoms with Crippen LogP contribution in [0.5, 0.6) is 5.88 Å². The van der Waals surface area contributed by atoms with Crippen molar-refractivity contribution in [2.24, 2.45) is 5.73 Å². The number of halogens is 1. The van der Waals surface area contributed by atoms with Crippen molar-refractivity contribution in [1.82, 2.24) is 39.7 Å². The molecule has 2 amide bonds. The largest absolute Gasteiger partial charge is 0.478 e. The minimum absolute atomic E-state index is 0.0919. The molecule has 0 spiro atoms. The maximum Gasteiger partial charge on any atom is 0.411 e. The highest BCUT2D eigenvalue weighted by molar-refractivity contribution is 9.10. The number of nitrogens with two attached hydrogens (primary N) is 1. The van der Waals surface area contributed by atoms with Crippen molar-refractivity contribution in [3.05, 3.63) is 253 Å². The first-order valence-corrected chi connectivity index (χ1v) is 34.9. The van der Waals surface area contributed by atoms with Crippen LogP contribution in [0.3, 0.4) is 0 Å². The summed E-state index contributed by atoms with van der Waals surface area (Å²) < 4.78 is 27.2. The Balaban J connectivity index is 0.000000171. The van der Waals surface area contributed by atoms with Crippen molar-refractivity contribution in [2.45, 2.75) is 118 Å². The van der Waals surface area contributed by atoms with E-state index in [1.165, 1.54) is 24.0 Å². The number of carbonyl (C=O) groups excluding carboxylic acids is 4. The van der Waals surface area contributed by atoms with Crippen molar-refractivity contribution >= 4 is 84.6 Å². The molecule has 7 N–H and O–H groups in total. The fourth-order valence-corrected chi connectivity index (χ4v) is 11.4. The van der Waals surface area contributed by atoms with Gasteiger partial charge in [-0.25, -0.2) is 38.9 Å². The smallest absolute Gasteiger partial charge is 0.411 e. The first-order chi connectivity index (χ1) is 50.8. The summed E-state index contributed by atoms with van der Waals surface area (Å²) in [7, 11) is 2.55. The van der Waals surface area contributed by atoms with Crippen LogP contribution in [0.1, 0.15) is 92.6 Å². The minimum Gasteiger partial charge on any atom is -0.478 e. The summed E-state index contributed by atoms with van der Waals surface area (Å²) in [6.45, 7) is 18.6. The normalized spacial score (nSPS) is 15.0. The Labute approximate surface area is 627 Å². The van der Waals surface area contributed by atoms with E-state index in [1.807, 2.05) is 210 Å². The lowest BCUT2D eigenvalue weighted by Crippen LogP contribution is -2.44. The van der Waals surface area contributed by atoms with Gasteiger partial charge in [-0.15, -0.1) is 0 Å². The number of aromatic carboxylic acids is 1. The van der Waals surface area contributed by atoms with Gasteiger partial charge in [0, 0.05) is 39.6 Å². The molecule has 5 heterocycles. The van der Waals surface area contributed by atoms with E-state index in [1.54, 1.807) is 53.7 Å². The first kappa shape index (κ1) is 80.7. The van der Waals surface area contributed by atoms with Crippen LogP contribution in [0.25, 0.3) is 66.9 Å². The van der Waals surface area contributed by atoms with Crippen molar-refractivity contribution in [2.75, 3.05) is 27.3 Å². The number of amides is 2. The second kappa shape index (κ2) is 36.6. The number of aliphatic hydroxyl groups is 1. The molecular weight excluding hydrogens is 1430 g/mol. The van der Waals surface area contributed by atoms with Gasteiger partial charge in [-0.2, -0.15) is 4.98 Å². The quantitative estimate of drug-likeness (QED) is 0.0338. The third-order valence-corrected chi connectivity index (χ3v) is 16.8. The number of esters is 2. The molecule has 24 nitrogen and oxygen atoms in total. The molecular formula is C82H87BrN10O14. The number of benzene rings is 8. The lowest BCUT2D eigenvalue weighted by atomic mass is 10.1. The molecule has 4 atom stereocenters. The van der Waals surface area contributed by atoms with Crippen molar-refractivity contribution in [3.63, 3.8) is 0 Å². The molecule has 8 aromatic carbocycles. The van der Waals surface area contributed by atoms with Gasteiger partial charge in [0.05, 0.1) is 71.7 Å². The monoisotopic (exact) mass is 1510 g/mol. The molecule has 107 heavy (non-hydrogen) atoms. The summed E-state index contributed by atoms with van der Waals surface area (Å²) in [6, 6.07) is 59.1. The van der Waals surface area contributed by atoms with Crippen LogP contribution in [0.15, 0.2) is 208 Å². The topological polar surface area (TPSA) is 346 Å². The third kappa shape index (κ3) is 23.0. The van der Waals surface area contributed by atoms with Gasteiger partial charge in [0.1, 0.15) is 46.9 Å². The number of aliphatic hydroxyl groups excluding tert-OH is 1. The summed E-state index contributed by atoms with van der Waals surface area (Å²) >= 11 is 3.15. The molecule has 13 rings (SSSR count). The molecule has 556 valence electrons. The molecule has 2 aliphatic heterocycles. The molecule has 25 heteroatoms. The fraction of sp³-hybridized carbons (Fsp3) is 0.268. The maximum atomic E-state index is 12.8. The number of rotatable bonds is 9. The molecule has 0 radical (unpaired) electrons. The fourth-order valence-electron chi connectivity index (χ4n) is 11.0. The Morgan fingerprint density at radius 2 is 0.916 bits per heavy atom. The first-order valence-electron chi connectivity index (χ1n) is 34.1. The highest BCUT2D eigenvalue weighted by atomic mass is 79.9. The Kier molecular flexibility index (Phi) is 27.6. The number of ether oxygens (including phenoxy) is 5. The molecule has 0 aliphatic carbocycles. The number of hydrogen-bond acceptors (Lipinski definition) is 18. The number of likely N-dealkylation sites (tertiary alicyclic amines) is 2. The lowest BCUT2D eigenvalue weighted by Gasteiger charge is -2.27. The average molecular weight is 1520 g/mol. The van der Waals surface area contributed by atoms with Crippen LogP contribution in [0.2, 0.25) is 0 Å². The summed E-state index contributed by atoms with van der Waals surface area (Å²) in [6.07, 6.45) is -1.92. The van der Waals surface area contributed by atoms with Crippen LogP contribution in [-0.4, -0.2) is 149 Å². The third-order valence-electron chi connectivity index (χ3n) is 16.1. The molecule has 2 aliphatic rings. The molecule has 0 saturated carbocycles. The highest BCUT2D eigenvalue weighted by Gasteiger charge is 2.44. The van der Waals surface area contributed by atoms with Crippen LogP contribution < -0.4 is 21.6 Å². The molecule has 1 unspecified atom stereocenters. The highest BCUT2D eigenvalue weighted by Crippen LogP contribution is 2.32. The van der Waals surface area contributed by atoms with Crippen LogP contribution in [-0.2, 0) is 28.5 Å². The van der Waals surface area contributed by atoms with E-state index in [2.05, 4.69) is 40.6 Å². The standard InChI is InChI=1S/C26H29N3O5.2C15H12N2O.C11H19NO5.C8H7BrO2.C7H8N2/c1-16-11-12-20-19(13-16)23(28-22(27-20)17-9-7-6-8-10-17)33-18-14-21(24(30)32-5)29(15-18)25(31)34-26(2,3)4;2*1-10-7-8-13-12(9-10)15(18)17-14(16-13)11-5-3-2-4-6-11;1-11(2,3)17-10(15)12-6-7(13)5-8(12)9(14)16-4;1-5-2-3-7(9)6(4-5)8(10)11;8-7(9)6-4-2-1-3-5-6/h6-13,18,21H,14-15H2,1-5H3;2*2-9H,1H3,(H,16,17,18);7-8,13H,5-6H2,1-4H3;2-4H,1H3,(H,10,11);1-5H,(H3,8,9)/t18?,21-;;;7-,8+;;/m0..1../s1. The van der Waals surface area contributed by atoms with E-state index in [-0.39, 0.29) is 42.9 Å². The SMILES string of the molecule is COC(=O)[C@@H]1CC(Oc2nc(-c3ccccc3)nc3ccc(C)cc23)CN1C(=O)OC(C)(C)C.COC(=O)[C@@H]1C[C@@H](O)CN1C(=O)OC(C)(C)C.Cc1ccc(Br)c(C(=O)O)c1.Cc1ccc2nc(-c3ccccc3)[nH]c(=O)c2c1.Cc1ccc2nc(-c3ccccc3)[nH]c(=O)c2c1.N=C(N)c1ccccc1. The number of carboxylic acids is 1. The molecule has 3 aromatic heterocycles. The van der Waals surface area contributed by atoms with Crippen LogP contribution >= 0.6 is 15.9 Å². The number of hydrogen-bond donors (Lipinski definition) is 6. The summed E-state index contributed by atoms with van der Waals surface area (Å²) in [5, 5.41) is 27.2. The van der Waals surface area contributed by atoms with Crippen molar-refractivity contribution in [3.8, 4) is 40.0 Å². The Morgan fingerprint density at radius 1 is 0.523 bits per heavy atom. The van der Waals surface area contributed by atoms with Gasteiger partial charge in [-0.05, 0) is 134 Å². The van der Waals surface area contributed by atoms with E-state index in [0.29, 0.717) is 44.2 Å². The molecule has 2 fully saturated rings. The van der Waals surface area contributed by atoms with E-state index < -0.39 is 65.6 Å². The zero-order chi connectivity index (χ0) is 77.9. The number of H-pyrrole nitrogens is 2. The second-order valence-electron chi connectivity index (χ2n) is 27.1. The number of methoxy groups -OCH3 is 2. The molecule has 11 aromatic rings. The van der Waals surface area contributed by atoms with E-state index in [0.717, 1.165) is 66.4 Å². The Morgan fingerprint density at radius 3 is 1.33 bits per heavy atom. The minimum atomic E-state index is -0.902. The second-order valence-corrected chi connectivity index (χ2v) is 28.0. The number of aromatic nitrogens is 6. The summed E-state index contributed by atoms with van der Waals surface area (Å²) in [5.41, 5.74) is 13.8. The van der Waals surface area contributed by atoms with Gasteiger partial charge in [0.2, 0.25) is 5.88 Å². The average Bonchev–Trinajstić information content (AvgIpc) is 1.02. The number of nitrogens with one attached hydrogen (secondary N) is 3. The number of aromatic amines is 2. The van der Waals surface area contributed by atoms with Gasteiger partial charge < -0.3 is 49.6 Å². The number of nitrogen functional groups attached to an aromatic ring is 1. The number of fused-ring (bicyclic) bond motifs is 3. The Bertz CT molecular complexity index is 4940. The van der Waals surface area contributed by atoms with Gasteiger partial charge in [-0.3, -0.25) is 24.8 Å². The predicted molar refractivity (Wildman–Crippen MR) is 415 cm³/mol. The summed E-state index contributed by atoms with van der Waals surface area (Å²) in [5.74, 6) is 0.341. The number of carbonyl (C=O) groups is 5. The molecule has 2 saturated heterocycles. The van der Waals surface area contributed by atoms with Crippen LogP contribution in [0, 0.1) is 33.1 Å². The van der Waals surface area contributed by atoms with Gasteiger partial charge in [0.25, 0.3) is 11.1 Å². The van der Waals surface area contributed by atoms with Gasteiger partial charge in [0.15, 0.2) is 5.82 Å². The van der Waals surface area contributed by atoms with Gasteiger partial charge in [-0.1, -0.05) is 168 Å². The number of amidine groups is 1. The van der Waals surface area contributed by atoms with E-state index in [4.69, 9.17) is 45.2 Å². The number of nitrogens with zero attached hydrogens (tertiary/aromatic N) is 6. The van der Waals surface area contributed by atoms with E-state index in [9.17, 15) is 38.7 Å². The van der Waals surface area contributed by atoms with E-state index >= 15 is 0 Å². The zero-order valence-corrected chi connectivity index (χ0v) is 63.1. The van der Waals surface area contributed by atoms with Crippen molar-refractivity contribution in [1.29, 1.82) is 5.41 Å². The van der Waals surface area contributed by atoms with Crippen LogP contribution in [0.4, 0.5) is 9.59 Å². The van der Waals surface area contributed by atoms with Gasteiger partial charge >= 0.3 is 30.1 Å².